The van der Waals surface area contributed by atoms with E-state index in [4.69, 9.17) is 9.15 Å². The van der Waals surface area contributed by atoms with E-state index in [1.54, 1.807) is 24.3 Å². The van der Waals surface area contributed by atoms with Gasteiger partial charge in [-0.05, 0) is 55.2 Å². The molecule has 0 radical (unpaired) electrons. The fourth-order valence-electron chi connectivity index (χ4n) is 3.68. The molecule has 0 bridgehead atoms. The number of ether oxygens (including phenoxy) is 1. The first-order valence-electron chi connectivity index (χ1n) is 9.88. The molecule has 3 atom stereocenters. The van der Waals surface area contributed by atoms with Crippen LogP contribution in [0.25, 0.3) is 0 Å². The van der Waals surface area contributed by atoms with Crippen LogP contribution in [0.5, 0.6) is 5.75 Å². The third kappa shape index (κ3) is 5.61. The summed E-state index contributed by atoms with van der Waals surface area (Å²) in [5.41, 5.74) is 0. The summed E-state index contributed by atoms with van der Waals surface area (Å²) in [7, 11) is -2.33. The number of sulfonamides is 1. The fraction of sp³-hybridized carbons (Fsp3) is 0.476. The van der Waals surface area contributed by atoms with Gasteiger partial charge in [0.1, 0.15) is 11.5 Å². The van der Waals surface area contributed by atoms with Crippen LogP contribution in [0.1, 0.15) is 50.8 Å². The minimum Gasteiger partial charge on any atom is -0.497 e. The van der Waals surface area contributed by atoms with Crippen LogP contribution in [-0.4, -0.2) is 27.5 Å². The molecule has 2 aromatic rings. The third-order valence-electron chi connectivity index (χ3n) is 5.40. The summed E-state index contributed by atoms with van der Waals surface area (Å²) in [6.07, 6.45) is 5.76. The van der Waals surface area contributed by atoms with Gasteiger partial charge < -0.3 is 14.5 Å². The lowest BCUT2D eigenvalue weighted by molar-refractivity contribution is -0.122. The van der Waals surface area contributed by atoms with E-state index in [1.807, 2.05) is 0 Å². The van der Waals surface area contributed by atoms with Crippen LogP contribution in [0.2, 0.25) is 0 Å². The summed E-state index contributed by atoms with van der Waals surface area (Å²) in [6.45, 7) is 2.14. The van der Waals surface area contributed by atoms with E-state index in [0.717, 1.165) is 19.3 Å². The number of carbonyl (C=O) groups excluding carboxylic acids is 1. The van der Waals surface area contributed by atoms with E-state index in [0.29, 0.717) is 17.4 Å². The molecule has 3 unspecified atom stereocenters. The number of amides is 1. The highest BCUT2D eigenvalue weighted by Crippen LogP contribution is 2.25. The molecule has 0 spiro atoms. The smallest absolute Gasteiger partial charge is 0.241 e. The van der Waals surface area contributed by atoms with Crippen molar-refractivity contribution in [1.29, 1.82) is 0 Å². The first-order chi connectivity index (χ1) is 13.9. The van der Waals surface area contributed by atoms with E-state index in [2.05, 4.69) is 17.0 Å². The molecule has 7 nitrogen and oxygen atoms in total. The van der Waals surface area contributed by atoms with Crippen molar-refractivity contribution in [2.24, 2.45) is 5.92 Å². The zero-order chi connectivity index (χ0) is 20.9. The topological polar surface area (TPSA) is 97.6 Å². The quantitative estimate of drug-likeness (QED) is 0.682. The van der Waals surface area contributed by atoms with Crippen molar-refractivity contribution in [2.45, 2.75) is 56.0 Å². The van der Waals surface area contributed by atoms with Crippen LogP contribution in [-0.2, 0) is 14.8 Å². The van der Waals surface area contributed by atoms with Crippen LogP contribution < -0.4 is 14.8 Å². The lowest BCUT2D eigenvalue weighted by atomic mass is 9.86. The van der Waals surface area contributed by atoms with Crippen LogP contribution in [0.4, 0.5) is 0 Å². The van der Waals surface area contributed by atoms with Crippen LogP contribution in [0.15, 0.2) is 52.0 Å². The van der Waals surface area contributed by atoms with Crippen molar-refractivity contribution in [2.75, 3.05) is 7.11 Å². The average molecular weight is 421 g/mol. The predicted molar refractivity (Wildman–Crippen MR) is 109 cm³/mol. The Bertz CT molecular complexity index is 894. The molecule has 1 aromatic carbocycles. The lowest BCUT2D eigenvalue weighted by Gasteiger charge is -2.30. The summed E-state index contributed by atoms with van der Waals surface area (Å²) in [5.74, 6) is 1.19. The van der Waals surface area contributed by atoms with E-state index in [9.17, 15) is 13.2 Å². The first-order valence-corrected chi connectivity index (χ1v) is 11.4. The zero-order valence-corrected chi connectivity index (χ0v) is 17.6. The van der Waals surface area contributed by atoms with Gasteiger partial charge in [0.05, 0.1) is 30.7 Å². The maximum Gasteiger partial charge on any atom is 0.241 e. The maximum absolute atomic E-state index is 12.8. The lowest BCUT2D eigenvalue weighted by Crippen LogP contribution is -2.42. The van der Waals surface area contributed by atoms with Crippen molar-refractivity contribution in [1.82, 2.24) is 10.0 Å². The number of nitrogens with one attached hydrogen (secondary N) is 2. The summed E-state index contributed by atoms with van der Waals surface area (Å²) >= 11 is 0. The Kier molecular flexibility index (Phi) is 6.97. The molecule has 1 saturated carbocycles. The molecule has 0 saturated heterocycles. The molecule has 1 aliphatic rings. The molecule has 1 aromatic heterocycles. The largest absolute Gasteiger partial charge is 0.497 e. The second-order valence-corrected chi connectivity index (χ2v) is 9.22. The van der Waals surface area contributed by atoms with E-state index in [1.165, 1.54) is 31.9 Å². The highest BCUT2D eigenvalue weighted by Gasteiger charge is 2.28. The van der Waals surface area contributed by atoms with E-state index >= 15 is 0 Å². The van der Waals surface area contributed by atoms with Crippen LogP contribution >= 0.6 is 0 Å². The van der Waals surface area contributed by atoms with Crippen LogP contribution in [0.3, 0.4) is 0 Å². The van der Waals surface area contributed by atoms with Gasteiger partial charge >= 0.3 is 0 Å². The summed E-state index contributed by atoms with van der Waals surface area (Å²) in [4.78, 5) is 12.8. The molecule has 29 heavy (non-hydrogen) atoms. The van der Waals surface area contributed by atoms with Crippen molar-refractivity contribution in [3.63, 3.8) is 0 Å². The Hall–Kier alpha value is -2.32. The molecular weight excluding hydrogens is 392 g/mol. The van der Waals surface area contributed by atoms with Gasteiger partial charge in [0.25, 0.3) is 0 Å². The molecule has 1 aliphatic carbocycles. The second kappa shape index (κ2) is 9.45. The highest BCUT2D eigenvalue weighted by molar-refractivity contribution is 7.89. The van der Waals surface area contributed by atoms with Gasteiger partial charge in [-0.15, -0.1) is 0 Å². The number of carbonyl (C=O) groups is 1. The number of rotatable bonds is 8. The standard InChI is InChI=1S/C21H28N2O5S/c1-15-6-3-4-7-18(15)22-21(24)14-19(20-8-5-13-28-20)23-29(25,26)17-11-9-16(27-2)10-12-17/h5,8-13,15,18-19,23H,3-4,6-7,14H2,1-2H3,(H,22,24). The van der Waals surface area contributed by atoms with Crippen molar-refractivity contribution >= 4 is 15.9 Å². The molecule has 1 heterocycles. The Morgan fingerprint density at radius 1 is 1.21 bits per heavy atom. The third-order valence-corrected chi connectivity index (χ3v) is 6.89. The molecule has 3 rings (SSSR count). The van der Waals surface area contributed by atoms with Crippen LogP contribution in [0, 0.1) is 5.92 Å². The number of hydrogen-bond donors (Lipinski definition) is 2. The van der Waals surface area contributed by atoms with Crippen molar-refractivity contribution in [3.8, 4) is 5.75 Å². The van der Waals surface area contributed by atoms with Gasteiger partial charge in [0.15, 0.2) is 0 Å². The van der Waals surface area contributed by atoms with Gasteiger partial charge in [-0.25, -0.2) is 8.42 Å². The molecule has 1 amide bonds. The molecule has 1 fully saturated rings. The van der Waals surface area contributed by atoms with Gasteiger partial charge in [0.2, 0.25) is 15.9 Å². The SMILES string of the molecule is COc1ccc(S(=O)(=O)NC(CC(=O)NC2CCCCC2C)c2ccco2)cc1. The monoisotopic (exact) mass is 420 g/mol. The summed E-state index contributed by atoms with van der Waals surface area (Å²) in [6, 6.07) is 8.75. The normalized spacial score (nSPS) is 20.8. The van der Waals surface area contributed by atoms with Gasteiger partial charge in [-0.3, -0.25) is 4.79 Å². The number of furan rings is 1. The van der Waals surface area contributed by atoms with Crippen molar-refractivity contribution < 1.29 is 22.4 Å². The first kappa shape index (κ1) is 21.4. The summed E-state index contributed by atoms with van der Waals surface area (Å²) in [5, 5.41) is 3.07. The van der Waals surface area contributed by atoms with Gasteiger partial charge in [0, 0.05) is 6.04 Å². The predicted octanol–water partition coefficient (Wildman–Crippen LogP) is 3.39. The number of hydrogen-bond acceptors (Lipinski definition) is 5. The van der Waals surface area contributed by atoms with Gasteiger partial charge in [-0.2, -0.15) is 4.72 Å². The number of methoxy groups -OCH3 is 1. The molecule has 0 aliphatic heterocycles. The second-order valence-electron chi connectivity index (χ2n) is 7.50. The highest BCUT2D eigenvalue weighted by atomic mass is 32.2. The fourth-order valence-corrected chi connectivity index (χ4v) is 4.89. The average Bonchev–Trinajstić information content (AvgIpc) is 3.24. The van der Waals surface area contributed by atoms with Gasteiger partial charge in [-0.1, -0.05) is 19.8 Å². The number of benzene rings is 1. The minimum atomic E-state index is -3.85. The Morgan fingerprint density at radius 2 is 1.93 bits per heavy atom. The van der Waals surface area contributed by atoms with Crippen molar-refractivity contribution in [3.05, 3.63) is 48.4 Å². The Balaban J connectivity index is 1.72. The Labute approximate surface area is 171 Å². The Morgan fingerprint density at radius 3 is 2.55 bits per heavy atom. The zero-order valence-electron chi connectivity index (χ0n) is 16.8. The summed E-state index contributed by atoms with van der Waals surface area (Å²) < 4.78 is 38.7. The molecule has 2 N–H and O–H groups in total. The maximum atomic E-state index is 12.8. The minimum absolute atomic E-state index is 0.0356. The molecule has 158 valence electrons. The molecule has 8 heteroatoms. The van der Waals surface area contributed by atoms with E-state index in [-0.39, 0.29) is 23.3 Å². The molecular formula is C21H28N2O5S. The van der Waals surface area contributed by atoms with E-state index < -0.39 is 16.1 Å².